The number of hydrogen-bond donors (Lipinski definition) is 1. The number of allylic oxidation sites excluding steroid dienone is 3. The van der Waals surface area contributed by atoms with Crippen LogP contribution in [0.2, 0.25) is 0 Å². The molecule has 1 N–H and O–H groups in total. The Balaban J connectivity index is 2.66. The molecule has 0 bridgehead atoms. The Morgan fingerprint density at radius 1 is 1.91 bits per heavy atom. The zero-order valence-corrected chi connectivity index (χ0v) is 6.75. The number of oxime groups is 1. The summed E-state index contributed by atoms with van der Waals surface area (Å²) in [4.78, 5) is 0. The van der Waals surface area contributed by atoms with Crippen LogP contribution in [-0.2, 0) is 0 Å². The first-order chi connectivity index (χ1) is 5.27. The van der Waals surface area contributed by atoms with E-state index in [1.807, 2.05) is 19.1 Å². The van der Waals surface area contributed by atoms with E-state index in [9.17, 15) is 0 Å². The molecule has 1 unspecified atom stereocenters. The second-order valence-corrected chi connectivity index (χ2v) is 2.94. The van der Waals surface area contributed by atoms with Gasteiger partial charge in [0.25, 0.3) is 0 Å². The molecule has 0 radical (unpaired) electrons. The van der Waals surface area contributed by atoms with Gasteiger partial charge >= 0.3 is 0 Å². The Bertz CT molecular complexity index is 216. The van der Waals surface area contributed by atoms with Crippen LogP contribution in [0, 0.1) is 5.92 Å². The molecule has 1 atom stereocenters. The minimum atomic E-state index is 0.359. The monoisotopic (exact) mass is 151 g/mol. The topological polar surface area (TPSA) is 32.6 Å². The average molecular weight is 151 g/mol. The fourth-order valence-electron chi connectivity index (χ4n) is 1.44. The molecule has 1 aliphatic carbocycles. The molecule has 0 saturated heterocycles. The molecule has 0 amide bonds. The van der Waals surface area contributed by atoms with Crippen molar-refractivity contribution in [2.45, 2.75) is 19.8 Å². The predicted octanol–water partition coefficient (Wildman–Crippen LogP) is 2.36. The van der Waals surface area contributed by atoms with Crippen molar-refractivity contribution in [3.63, 3.8) is 0 Å². The normalized spacial score (nSPS) is 27.2. The van der Waals surface area contributed by atoms with Crippen LogP contribution in [0.15, 0.2) is 29.5 Å². The lowest BCUT2D eigenvalue weighted by atomic mass is 10.0. The molecule has 0 heterocycles. The minimum Gasteiger partial charge on any atom is -0.411 e. The molecule has 0 fully saturated rings. The highest BCUT2D eigenvalue weighted by Crippen LogP contribution is 2.25. The van der Waals surface area contributed by atoms with Gasteiger partial charge in [-0.15, -0.1) is 6.58 Å². The molecule has 2 heteroatoms. The van der Waals surface area contributed by atoms with Gasteiger partial charge in [-0.2, -0.15) is 0 Å². The molecule has 11 heavy (non-hydrogen) atoms. The SMILES string of the molecule is C=CCC1CC(C)=CC1=NO. The first-order valence-corrected chi connectivity index (χ1v) is 3.78. The smallest absolute Gasteiger partial charge is 0.0832 e. The summed E-state index contributed by atoms with van der Waals surface area (Å²) >= 11 is 0. The molecule has 0 aromatic carbocycles. The van der Waals surface area contributed by atoms with Gasteiger partial charge in [0, 0.05) is 5.92 Å². The van der Waals surface area contributed by atoms with Crippen molar-refractivity contribution in [1.29, 1.82) is 0 Å². The fourth-order valence-corrected chi connectivity index (χ4v) is 1.44. The van der Waals surface area contributed by atoms with Crippen LogP contribution in [-0.4, -0.2) is 10.9 Å². The Morgan fingerprint density at radius 3 is 3.18 bits per heavy atom. The van der Waals surface area contributed by atoms with Gasteiger partial charge in [0.05, 0.1) is 5.71 Å². The third-order valence-corrected chi connectivity index (χ3v) is 1.95. The summed E-state index contributed by atoms with van der Waals surface area (Å²) < 4.78 is 0. The number of hydrogen-bond acceptors (Lipinski definition) is 2. The maximum atomic E-state index is 8.59. The van der Waals surface area contributed by atoms with Crippen molar-refractivity contribution in [3.8, 4) is 0 Å². The quantitative estimate of drug-likeness (QED) is 0.367. The molecule has 0 aliphatic heterocycles. The minimum absolute atomic E-state index is 0.359. The van der Waals surface area contributed by atoms with E-state index in [1.54, 1.807) is 0 Å². The van der Waals surface area contributed by atoms with Crippen molar-refractivity contribution in [2.75, 3.05) is 0 Å². The van der Waals surface area contributed by atoms with Crippen molar-refractivity contribution in [3.05, 3.63) is 24.3 Å². The lowest BCUT2D eigenvalue weighted by molar-refractivity contribution is 0.316. The van der Waals surface area contributed by atoms with Crippen LogP contribution >= 0.6 is 0 Å². The summed E-state index contributed by atoms with van der Waals surface area (Å²) in [7, 11) is 0. The van der Waals surface area contributed by atoms with Crippen LogP contribution in [0.4, 0.5) is 0 Å². The van der Waals surface area contributed by atoms with Crippen molar-refractivity contribution in [1.82, 2.24) is 0 Å². The van der Waals surface area contributed by atoms with Gasteiger partial charge in [-0.3, -0.25) is 0 Å². The molecule has 0 aromatic heterocycles. The Morgan fingerprint density at radius 2 is 2.64 bits per heavy atom. The molecule has 60 valence electrons. The van der Waals surface area contributed by atoms with E-state index in [-0.39, 0.29) is 0 Å². The van der Waals surface area contributed by atoms with E-state index in [0.29, 0.717) is 5.92 Å². The molecular formula is C9H13NO. The number of rotatable bonds is 2. The molecular weight excluding hydrogens is 138 g/mol. The van der Waals surface area contributed by atoms with Crippen LogP contribution in [0.5, 0.6) is 0 Å². The second kappa shape index (κ2) is 3.37. The van der Waals surface area contributed by atoms with Crippen LogP contribution in [0.3, 0.4) is 0 Å². The van der Waals surface area contributed by atoms with E-state index in [4.69, 9.17) is 5.21 Å². The van der Waals surface area contributed by atoms with Crippen molar-refractivity contribution in [2.24, 2.45) is 11.1 Å². The van der Waals surface area contributed by atoms with E-state index in [1.165, 1.54) is 5.57 Å². The summed E-state index contributed by atoms with van der Waals surface area (Å²) in [6, 6.07) is 0. The second-order valence-electron chi connectivity index (χ2n) is 2.94. The molecule has 0 spiro atoms. The third-order valence-electron chi connectivity index (χ3n) is 1.95. The van der Waals surface area contributed by atoms with Crippen molar-refractivity contribution < 1.29 is 5.21 Å². The Hall–Kier alpha value is -1.05. The lowest BCUT2D eigenvalue weighted by Gasteiger charge is -2.05. The standard InChI is InChI=1S/C9H13NO/c1-3-4-8-5-7(2)6-9(8)10-11/h3,6,8,11H,1,4-5H2,2H3. The van der Waals surface area contributed by atoms with Crippen molar-refractivity contribution >= 4 is 5.71 Å². The summed E-state index contributed by atoms with van der Waals surface area (Å²) in [5.74, 6) is 0.359. The lowest BCUT2D eigenvalue weighted by Crippen LogP contribution is -2.05. The molecule has 0 aromatic rings. The summed E-state index contributed by atoms with van der Waals surface area (Å²) in [6.07, 6.45) is 5.70. The van der Waals surface area contributed by atoms with Gasteiger partial charge in [0.2, 0.25) is 0 Å². The molecule has 2 nitrogen and oxygen atoms in total. The van der Waals surface area contributed by atoms with Crippen LogP contribution < -0.4 is 0 Å². The van der Waals surface area contributed by atoms with E-state index in [2.05, 4.69) is 11.7 Å². The summed E-state index contributed by atoms with van der Waals surface area (Å²) in [5, 5.41) is 11.8. The maximum absolute atomic E-state index is 8.59. The highest BCUT2D eigenvalue weighted by Gasteiger charge is 2.20. The zero-order valence-electron chi connectivity index (χ0n) is 6.75. The largest absolute Gasteiger partial charge is 0.411 e. The molecule has 0 saturated carbocycles. The Kier molecular flexibility index (Phi) is 2.47. The van der Waals surface area contributed by atoms with E-state index in [0.717, 1.165) is 18.6 Å². The van der Waals surface area contributed by atoms with Crippen LogP contribution in [0.1, 0.15) is 19.8 Å². The summed E-state index contributed by atoms with van der Waals surface area (Å²) in [5.41, 5.74) is 2.08. The van der Waals surface area contributed by atoms with Gasteiger partial charge in [0.1, 0.15) is 0 Å². The fraction of sp³-hybridized carbons (Fsp3) is 0.444. The zero-order chi connectivity index (χ0) is 8.27. The average Bonchev–Trinajstić information content (AvgIpc) is 2.32. The highest BCUT2D eigenvalue weighted by atomic mass is 16.4. The first-order valence-electron chi connectivity index (χ1n) is 3.78. The first kappa shape index (κ1) is 8.05. The van der Waals surface area contributed by atoms with Gasteiger partial charge in [-0.05, 0) is 25.8 Å². The Labute approximate surface area is 66.9 Å². The third kappa shape index (κ3) is 1.70. The molecule has 1 aliphatic rings. The maximum Gasteiger partial charge on any atom is 0.0832 e. The van der Waals surface area contributed by atoms with E-state index < -0.39 is 0 Å². The summed E-state index contributed by atoms with van der Waals surface area (Å²) in [6.45, 7) is 5.71. The highest BCUT2D eigenvalue weighted by molar-refractivity contribution is 5.99. The van der Waals surface area contributed by atoms with Gasteiger partial charge in [-0.1, -0.05) is 16.8 Å². The number of nitrogens with zero attached hydrogens (tertiary/aromatic N) is 1. The molecule has 1 rings (SSSR count). The van der Waals surface area contributed by atoms with Crippen LogP contribution in [0.25, 0.3) is 0 Å². The van der Waals surface area contributed by atoms with Gasteiger partial charge in [-0.25, -0.2) is 0 Å². The predicted molar refractivity (Wildman–Crippen MR) is 45.9 cm³/mol. The van der Waals surface area contributed by atoms with Gasteiger partial charge < -0.3 is 5.21 Å². The van der Waals surface area contributed by atoms with Gasteiger partial charge in [0.15, 0.2) is 0 Å². The van der Waals surface area contributed by atoms with E-state index >= 15 is 0 Å².